The molecule has 1 aliphatic heterocycles. The molecule has 94 valence electrons. The summed E-state index contributed by atoms with van der Waals surface area (Å²) < 4.78 is 4.45. The maximum Gasteiger partial charge on any atom is 0.350 e. The summed E-state index contributed by atoms with van der Waals surface area (Å²) in [7, 11) is 3.65. The number of hydrogen-bond donors (Lipinski definition) is 2. The van der Waals surface area contributed by atoms with Crippen molar-refractivity contribution in [3.63, 3.8) is 0 Å². The van der Waals surface area contributed by atoms with E-state index in [0.717, 1.165) is 12.0 Å². The number of hydrogen-bond acceptors (Lipinski definition) is 5. The third-order valence-corrected chi connectivity index (χ3v) is 2.21. The second kappa shape index (κ2) is 4.68. The fourth-order valence-corrected chi connectivity index (χ4v) is 1.33. The van der Waals surface area contributed by atoms with E-state index in [9.17, 15) is 19.2 Å². The van der Waals surface area contributed by atoms with E-state index < -0.39 is 30.2 Å². The highest BCUT2D eigenvalue weighted by Crippen LogP contribution is 2.12. The van der Waals surface area contributed by atoms with Crippen LogP contribution < -0.4 is 10.6 Å². The van der Waals surface area contributed by atoms with Crippen LogP contribution in [0.3, 0.4) is 0 Å². The van der Waals surface area contributed by atoms with Crippen LogP contribution in [0.25, 0.3) is 0 Å². The molecule has 17 heavy (non-hydrogen) atoms. The van der Waals surface area contributed by atoms with Gasteiger partial charge in [-0.25, -0.2) is 24.1 Å². The maximum atomic E-state index is 11.5. The van der Waals surface area contributed by atoms with Crippen LogP contribution in [0.4, 0.5) is 14.4 Å². The van der Waals surface area contributed by atoms with Gasteiger partial charge >= 0.3 is 24.1 Å². The predicted octanol–water partition coefficient (Wildman–Crippen LogP) is -1.10. The number of likely N-dealkylation sites (N-methyl/N-ethyl adjacent to an activating group) is 1. The number of urea groups is 3. The molecule has 0 radical (unpaired) electrons. The Kier molecular flexibility index (Phi) is 3.51. The average molecular weight is 244 g/mol. The van der Waals surface area contributed by atoms with Gasteiger partial charge in [0, 0.05) is 14.1 Å². The van der Waals surface area contributed by atoms with E-state index in [1.807, 2.05) is 5.32 Å². The molecule has 1 atom stereocenters. The number of imide groups is 2. The second-order valence-corrected chi connectivity index (χ2v) is 3.17. The van der Waals surface area contributed by atoms with Gasteiger partial charge in [-0.05, 0) is 0 Å². The molecule has 0 aliphatic carbocycles. The highest BCUT2D eigenvalue weighted by molar-refractivity contribution is 6.07. The Bertz CT molecular complexity index is 382. The van der Waals surface area contributed by atoms with Crippen LogP contribution in [0.15, 0.2) is 0 Å². The lowest BCUT2D eigenvalue weighted by atomic mass is 10.3. The van der Waals surface area contributed by atoms with E-state index in [1.165, 1.54) is 14.1 Å². The third kappa shape index (κ3) is 2.12. The van der Waals surface area contributed by atoms with E-state index in [4.69, 9.17) is 0 Å². The van der Waals surface area contributed by atoms with Gasteiger partial charge in [0.05, 0.1) is 7.11 Å². The molecule has 9 heteroatoms. The van der Waals surface area contributed by atoms with E-state index in [-0.39, 0.29) is 0 Å². The first-order chi connectivity index (χ1) is 7.93. The summed E-state index contributed by atoms with van der Waals surface area (Å²) in [6, 6.07) is -2.59. The Morgan fingerprint density at radius 3 is 2.41 bits per heavy atom. The first-order valence-corrected chi connectivity index (χ1v) is 4.60. The molecule has 1 fully saturated rings. The number of rotatable bonds is 1. The minimum Gasteiger partial charge on any atom is -0.466 e. The zero-order valence-corrected chi connectivity index (χ0v) is 9.51. The van der Waals surface area contributed by atoms with E-state index in [0.29, 0.717) is 4.90 Å². The van der Waals surface area contributed by atoms with Gasteiger partial charge in [-0.2, -0.15) is 0 Å². The topological polar surface area (TPSA) is 108 Å². The molecule has 9 nitrogen and oxygen atoms in total. The van der Waals surface area contributed by atoms with Crippen LogP contribution in [-0.4, -0.2) is 61.2 Å². The van der Waals surface area contributed by atoms with Gasteiger partial charge < -0.3 is 10.1 Å². The van der Waals surface area contributed by atoms with E-state index >= 15 is 0 Å². The molecule has 2 N–H and O–H groups in total. The maximum absolute atomic E-state index is 11.5. The standard InChI is InChI=1S/C8H12N4O5/c1-9-6(14)12-4(5(13)17-3)11(2)7(15)10-8(12)16/h4H,1-3H3,(H,9,14)(H,10,15,16)/t4-/m1/s1. The summed E-state index contributed by atoms with van der Waals surface area (Å²) in [5, 5.41) is 4.10. The van der Waals surface area contributed by atoms with Crippen LogP contribution in [0.5, 0.6) is 0 Å². The number of carbonyl (C=O) groups excluding carboxylic acids is 4. The third-order valence-electron chi connectivity index (χ3n) is 2.21. The molecule has 0 bridgehead atoms. The zero-order chi connectivity index (χ0) is 13.2. The summed E-state index contributed by atoms with van der Waals surface area (Å²) in [6.07, 6.45) is -1.42. The normalized spacial score (nSPS) is 19.8. The molecule has 0 saturated carbocycles. The summed E-state index contributed by atoms with van der Waals surface area (Å²) in [4.78, 5) is 47.2. The van der Waals surface area contributed by atoms with Crippen LogP contribution in [-0.2, 0) is 9.53 Å². The molecule has 0 spiro atoms. The summed E-state index contributed by atoms with van der Waals surface area (Å²) in [5.74, 6) is -0.890. The number of nitrogens with zero attached hydrogens (tertiary/aromatic N) is 2. The number of esters is 1. The average Bonchev–Trinajstić information content (AvgIpc) is 2.31. The molecule has 1 heterocycles. The molecular weight excluding hydrogens is 232 g/mol. The second-order valence-electron chi connectivity index (χ2n) is 3.17. The van der Waals surface area contributed by atoms with Crippen LogP contribution in [0.2, 0.25) is 0 Å². The molecule has 0 aromatic carbocycles. The van der Waals surface area contributed by atoms with Crippen LogP contribution >= 0.6 is 0 Å². The zero-order valence-electron chi connectivity index (χ0n) is 9.51. The van der Waals surface area contributed by atoms with Gasteiger partial charge in [0.25, 0.3) is 0 Å². The van der Waals surface area contributed by atoms with Crippen molar-refractivity contribution in [1.29, 1.82) is 0 Å². The molecule has 6 amide bonds. The van der Waals surface area contributed by atoms with E-state index in [2.05, 4.69) is 10.1 Å². The molecule has 0 unspecified atom stereocenters. The van der Waals surface area contributed by atoms with Crippen LogP contribution in [0, 0.1) is 0 Å². The fourth-order valence-electron chi connectivity index (χ4n) is 1.33. The number of amides is 6. The van der Waals surface area contributed by atoms with Gasteiger partial charge in [0.15, 0.2) is 0 Å². The Hall–Kier alpha value is -2.32. The first-order valence-electron chi connectivity index (χ1n) is 4.60. The van der Waals surface area contributed by atoms with Crippen molar-refractivity contribution in [2.45, 2.75) is 6.17 Å². The number of methoxy groups -OCH3 is 1. The molecule has 1 rings (SSSR count). The summed E-state index contributed by atoms with van der Waals surface area (Å²) >= 11 is 0. The summed E-state index contributed by atoms with van der Waals surface area (Å²) in [5.41, 5.74) is 0. The quantitative estimate of drug-likeness (QED) is 0.569. The van der Waals surface area contributed by atoms with Crippen molar-refractivity contribution < 1.29 is 23.9 Å². The lowest BCUT2D eigenvalue weighted by molar-refractivity contribution is -0.150. The van der Waals surface area contributed by atoms with Crippen molar-refractivity contribution in [3.05, 3.63) is 0 Å². The highest BCUT2D eigenvalue weighted by atomic mass is 16.5. The molecule has 1 saturated heterocycles. The largest absolute Gasteiger partial charge is 0.466 e. The van der Waals surface area contributed by atoms with Crippen molar-refractivity contribution >= 4 is 24.1 Å². The van der Waals surface area contributed by atoms with Crippen molar-refractivity contribution in [1.82, 2.24) is 20.4 Å². The molecular formula is C8H12N4O5. The number of carbonyl (C=O) groups is 4. The Morgan fingerprint density at radius 2 is 1.94 bits per heavy atom. The van der Waals surface area contributed by atoms with Crippen molar-refractivity contribution in [3.8, 4) is 0 Å². The van der Waals surface area contributed by atoms with Crippen molar-refractivity contribution in [2.75, 3.05) is 21.2 Å². The van der Waals surface area contributed by atoms with Crippen LogP contribution in [0.1, 0.15) is 0 Å². The highest BCUT2D eigenvalue weighted by Gasteiger charge is 2.45. The van der Waals surface area contributed by atoms with Gasteiger partial charge in [0.2, 0.25) is 6.17 Å². The predicted molar refractivity (Wildman–Crippen MR) is 53.8 cm³/mol. The minimum atomic E-state index is -1.42. The molecule has 0 aromatic rings. The smallest absolute Gasteiger partial charge is 0.350 e. The lowest BCUT2D eigenvalue weighted by Crippen LogP contribution is -2.69. The minimum absolute atomic E-state index is 0.563. The Balaban J connectivity index is 3.12. The summed E-state index contributed by atoms with van der Waals surface area (Å²) in [6.45, 7) is 0. The van der Waals surface area contributed by atoms with Gasteiger partial charge in [0.1, 0.15) is 0 Å². The first kappa shape index (κ1) is 12.7. The van der Waals surface area contributed by atoms with Crippen molar-refractivity contribution in [2.24, 2.45) is 0 Å². The van der Waals surface area contributed by atoms with E-state index in [1.54, 1.807) is 0 Å². The number of ether oxygens (including phenoxy) is 1. The monoisotopic (exact) mass is 244 g/mol. The SMILES string of the molecule is CNC(=O)N1C(=O)NC(=O)N(C)[C@H]1C(=O)OC. The lowest BCUT2D eigenvalue weighted by Gasteiger charge is -2.37. The Morgan fingerprint density at radius 1 is 1.35 bits per heavy atom. The van der Waals surface area contributed by atoms with Gasteiger partial charge in [-0.3, -0.25) is 10.2 Å². The van der Waals surface area contributed by atoms with Gasteiger partial charge in [-0.15, -0.1) is 0 Å². The van der Waals surface area contributed by atoms with Gasteiger partial charge in [-0.1, -0.05) is 0 Å². The molecule has 0 aromatic heterocycles. The molecule has 1 aliphatic rings. The Labute approximate surface area is 96.7 Å². The fraction of sp³-hybridized carbons (Fsp3) is 0.500. The number of nitrogens with one attached hydrogen (secondary N) is 2.